The molecule has 0 unspecified atom stereocenters. The van der Waals surface area contributed by atoms with Gasteiger partial charge < -0.3 is 5.32 Å². The summed E-state index contributed by atoms with van der Waals surface area (Å²) in [4.78, 5) is 30.3. The topological polar surface area (TPSA) is 64.0 Å². The molecule has 0 fully saturated rings. The summed E-state index contributed by atoms with van der Waals surface area (Å²) in [5.41, 5.74) is 2.87. The molecule has 0 aliphatic heterocycles. The molecular formula is C24H22ClN3O2S. The van der Waals surface area contributed by atoms with Crippen LogP contribution in [0.15, 0.2) is 60.1 Å². The maximum absolute atomic E-state index is 13.1. The van der Waals surface area contributed by atoms with E-state index in [1.807, 2.05) is 23.6 Å². The van der Waals surface area contributed by atoms with Crippen LogP contribution in [0, 0.1) is 0 Å². The van der Waals surface area contributed by atoms with Gasteiger partial charge in [0.25, 0.3) is 5.91 Å². The summed E-state index contributed by atoms with van der Waals surface area (Å²) < 4.78 is 1.57. The highest BCUT2D eigenvalue weighted by Crippen LogP contribution is 2.28. The molecule has 2 aromatic carbocycles. The highest BCUT2D eigenvalue weighted by Gasteiger charge is 2.20. The molecule has 158 valence electrons. The molecule has 1 N–H and O–H groups in total. The van der Waals surface area contributed by atoms with E-state index in [0.29, 0.717) is 21.2 Å². The summed E-state index contributed by atoms with van der Waals surface area (Å²) in [6.45, 7) is 6.24. The Morgan fingerprint density at radius 3 is 2.55 bits per heavy atom. The Bertz CT molecular complexity index is 1270. The largest absolute Gasteiger partial charge is 0.302 e. The molecule has 0 bridgehead atoms. The maximum atomic E-state index is 13.1. The lowest BCUT2D eigenvalue weighted by atomic mass is 9.93. The molecule has 0 saturated carbocycles. The lowest BCUT2D eigenvalue weighted by Crippen LogP contribution is -2.16. The molecule has 4 rings (SSSR count). The zero-order valence-electron chi connectivity index (χ0n) is 17.5. The van der Waals surface area contributed by atoms with Gasteiger partial charge in [-0.25, -0.2) is 4.98 Å². The minimum Gasteiger partial charge on any atom is -0.302 e. The number of halogens is 1. The number of benzene rings is 2. The standard InChI is InChI=1S/C24H22ClN3O2S/c1-24(2,3)20-14-31-23(26-20)27-21(29)11-16-13-28(19-10-9-17(25)12-18(16)19)22(30)15-7-5-4-6-8-15/h4-10,12-14H,11H2,1-3H3,(H,26,27,29). The SMILES string of the molecule is CC(C)(C)c1csc(NC(=O)Cc2cn(C(=O)c3ccccc3)c3ccc(Cl)cc23)n1. The number of rotatable bonds is 4. The number of fused-ring (bicyclic) bond motifs is 1. The Morgan fingerprint density at radius 2 is 1.87 bits per heavy atom. The van der Waals surface area contributed by atoms with Gasteiger partial charge in [-0.05, 0) is 35.9 Å². The van der Waals surface area contributed by atoms with Crippen LogP contribution in [-0.2, 0) is 16.6 Å². The first-order valence-corrected chi connectivity index (χ1v) is 11.1. The zero-order valence-corrected chi connectivity index (χ0v) is 19.1. The van der Waals surface area contributed by atoms with Gasteiger partial charge in [0.1, 0.15) is 0 Å². The van der Waals surface area contributed by atoms with Gasteiger partial charge in [-0.1, -0.05) is 50.6 Å². The van der Waals surface area contributed by atoms with Crippen molar-refractivity contribution in [1.82, 2.24) is 9.55 Å². The predicted octanol–water partition coefficient (Wildman–Crippen LogP) is 5.92. The van der Waals surface area contributed by atoms with Crippen molar-refractivity contribution >= 4 is 50.8 Å². The van der Waals surface area contributed by atoms with E-state index in [0.717, 1.165) is 16.6 Å². The number of aromatic nitrogens is 2. The molecule has 1 amide bonds. The number of nitrogens with one attached hydrogen (secondary N) is 1. The first kappa shape index (κ1) is 21.3. The predicted molar refractivity (Wildman–Crippen MR) is 126 cm³/mol. The Balaban J connectivity index is 1.63. The molecule has 5 nitrogen and oxygen atoms in total. The molecule has 4 aromatic rings. The van der Waals surface area contributed by atoms with Crippen LogP contribution in [0.2, 0.25) is 5.02 Å². The molecule has 7 heteroatoms. The van der Waals surface area contributed by atoms with Crippen LogP contribution in [-0.4, -0.2) is 21.4 Å². The van der Waals surface area contributed by atoms with Gasteiger partial charge >= 0.3 is 0 Å². The second-order valence-electron chi connectivity index (χ2n) is 8.37. The number of anilines is 1. The van der Waals surface area contributed by atoms with Crippen molar-refractivity contribution in [1.29, 1.82) is 0 Å². The second-order valence-corrected chi connectivity index (χ2v) is 9.66. The summed E-state index contributed by atoms with van der Waals surface area (Å²) in [5, 5.41) is 6.73. The number of hydrogen-bond acceptors (Lipinski definition) is 4. The van der Waals surface area contributed by atoms with Crippen LogP contribution in [0.25, 0.3) is 10.9 Å². The van der Waals surface area contributed by atoms with Gasteiger partial charge in [0, 0.05) is 33.0 Å². The summed E-state index contributed by atoms with van der Waals surface area (Å²) >= 11 is 7.61. The van der Waals surface area contributed by atoms with Crippen molar-refractivity contribution in [3.05, 3.63) is 82.0 Å². The Morgan fingerprint density at radius 1 is 1.13 bits per heavy atom. The van der Waals surface area contributed by atoms with Crippen LogP contribution in [0.3, 0.4) is 0 Å². The summed E-state index contributed by atoms with van der Waals surface area (Å²) in [7, 11) is 0. The van der Waals surface area contributed by atoms with Crippen molar-refractivity contribution in [2.24, 2.45) is 0 Å². The molecule has 31 heavy (non-hydrogen) atoms. The van der Waals surface area contributed by atoms with Gasteiger partial charge in [0.15, 0.2) is 5.13 Å². The van der Waals surface area contributed by atoms with E-state index in [4.69, 9.17) is 11.6 Å². The average molecular weight is 452 g/mol. The number of carbonyl (C=O) groups excluding carboxylic acids is 2. The molecule has 0 saturated heterocycles. The lowest BCUT2D eigenvalue weighted by Gasteiger charge is -2.14. The van der Waals surface area contributed by atoms with Crippen LogP contribution < -0.4 is 5.32 Å². The second kappa shape index (κ2) is 8.29. The van der Waals surface area contributed by atoms with Crippen LogP contribution >= 0.6 is 22.9 Å². The highest BCUT2D eigenvalue weighted by atomic mass is 35.5. The van der Waals surface area contributed by atoms with Crippen molar-refractivity contribution in [3.63, 3.8) is 0 Å². The highest BCUT2D eigenvalue weighted by molar-refractivity contribution is 7.13. The Kier molecular flexibility index (Phi) is 5.69. The molecule has 0 aliphatic carbocycles. The number of thiazole rings is 1. The zero-order chi connectivity index (χ0) is 22.2. The fourth-order valence-electron chi connectivity index (χ4n) is 3.31. The van der Waals surface area contributed by atoms with Gasteiger partial charge in [-0.2, -0.15) is 0 Å². The van der Waals surface area contributed by atoms with E-state index in [1.54, 1.807) is 41.1 Å². The molecule has 2 aromatic heterocycles. The lowest BCUT2D eigenvalue weighted by molar-refractivity contribution is -0.115. The van der Waals surface area contributed by atoms with Crippen molar-refractivity contribution in [3.8, 4) is 0 Å². The first-order valence-electron chi connectivity index (χ1n) is 9.87. The third kappa shape index (κ3) is 4.55. The third-order valence-corrected chi connectivity index (χ3v) is 5.95. The Labute approximate surface area is 189 Å². The minimum absolute atomic E-state index is 0.0819. The normalized spacial score (nSPS) is 11.6. The van der Waals surface area contributed by atoms with Gasteiger partial charge in [0.2, 0.25) is 5.91 Å². The van der Waals surface area contributed by atoms with E-state index in [2.05, 4.69) is 31.1 Å². The summed E-state index contributed by atoms with van der Waals surface area (Å²) in [5.74, 6) is -0.352. The van der Waals surface area contributed by atoms with Crippen molar-refractivity contribution in [2.75, 3.05) is 5.32 Å². The average Bonchev–Trinajstić information content (AvgIpc) is 3.33. The fourth-order valence-corrected chi connectivity index (χ4v) is 4.44. The van der Waals surface area contributed by atoms with Crippen molar-refractivity contribution in [2.45, 2.75) is 32.6 Å². The van der Waals surface area contributed by atoms with E-state index < -0.39 is 0 Å². The van der Waals surface area contributed by atoms with E-state index in [1.165, 1.54) is 11.3 Å². The summed E-state index contributed by atoms with van der Waals surface area (Å²) in [6.07, 6.45) is 1.83. The molecular weight excluding hydrogens is 430 g/mol. The van der Waals surface area contributed by atoms with Gasteiger partial charge in [-0.15, -0.1) is 11.3 Å². The van der Waals surface area contributed by atoms with E-state index >= 15 is 0 Å². The molecule has 0 radical (unpaired) electrons. The number of amides is 1. The molecule has 2 heterocycles. The Hall–Kier alpha value is -2.96. The van der Waals surface area contributed by atoms with Crippen LogP contribution in [0.5, 0.6) is 0 Å². The molecule has 0 atom stereocenters. The number of nitrogens with zero attached hydrogens (tertiary/aromatic N) is 2. The molecule has 0 aliphatic rings. The minimum atomic E-state index is -0.194. The smallest absolute Gasteiger partial charge is 0.262 e. The van der Waals surface area contributed by atoms with E-state index in [9.17, 15) is 9.59 Å². The third-order valence-electron chi connectivity index (χ3n) is 4.96. The number of hydrogen-bond donors (Lipinski definition) is 1. The molecule has 0 spiro atoms. The monoisotopic (exact) mass is 451 g/mol. The van der Waals surface area contributed by atoms with Gasteiger partial charge in [-0.3, -0.25) is 14.2 Å². The van der Waals surface area contributed by atoms with Gasteiger partial charge in [0.05, 0.1) is 17.6 Å². The first-order chi connectivity index (χ1) is 14.7. The van der Waals surface area contributed by atoms with E-state index in [-0.39, 0.29) is 23.7 Å². The summed E-state index contributed by atoms with van der Waals surface area (Å²) in [6, 6.07) is 14.4. The maximum Gasteiger partial charge on any atom is 0.262 e. The fraction of sp³-hybridized carbons (Fsp3) is 0.208. The van der Waals surface area contributed by atoms with Crippen molar-refractivity contribution < 1.29 is 9.59 Å². The number of carbonyl (C=O) groups is 2. The van der Waals surface area contributed by atoms with Crippen LogP contribution in [0.4, 0.5) is 5.13 Å². The van der Waals surface area contributed by atoms with Crippen LogP contribution in [0.1, 0.15) is 42.4 Å². The quantitative estimate of drug-likeness (QED) is 0.419.